The van der Waals surface area contributed by atoms with Gasteiger partial charge in [0.15, 0.2) is 0 Å². The second-order valence-corrected chi connectivity index (χ2v) is 8.61. The highest BCUT2D eigenvalue weighted by atomic mass is 19.4. The molecule has 30 heteroatoms. The molecule has 2 atom stereocenters. The Morgan fingerprint density at radius 1 is 0.400 bits per heavy atom. The largest absolute Gasteiger partial charge is 0.462 e. The fourth-order valence-electron chi connectivity index (χ4n) is 2.24. The molecule has 0 aromatic rings. The van der Waals surface area contributed by atoms with Crippen molar-refractivity contribution in [3.8, 4) is 0 Å². The zero-order valence-corrected chi connectivity index (χ0v) is 23.0. The average Bonchev–Trinajstić information content (AvgIpc) is 2.88. The maximum absolute atomic E-state index is 13.9. The second-order valence-electron chi connectivity index (χ2n) is 8.61. The third-order valence-corrected chi connectivity index (χ3v) is 4.74. The molecule has 0 rings (SSSR count). The normalized spacial score (nSPS) is 17.0. The van der Waals surface area contributed by atoms with Gasteiger partial charge in [0, 0.05) is 12.2 Å². The molecule has 296 valence electrons. The van der Waals surface area contributed by atoms with Crippen LogP contribution in [0.5, 0.6) is 0 Å². The molecule has 0 aromatic heterocycles. The molecule has 0 aliphatic heterocycles. The van der Waals surface area contributed by atoms with E-state index in [1.54, 1.807) is 0 Å². The summed E-state index contributed by atoms with van der Waals surface area (Å²) in [6.07, 6.45) is -42.1. The van der Waals surface area contributed by atoms with Crippen LogP contribution in [0, 0.1) is 0 Å². The van der Waals surface area contributed by atoms with Gasteiger partial charge in [-0.3, -0.25) is 9.47 Å². The van der Waals surface area contributed by atoms with Crippen LogP contribution in [-0.2, 0) is 38.0 Å². The average molecular weight is 800 g/mol. The summed E-state index contributed by atoms with van der Waals surface area (Å²) in [4.78, 5) is 22.7. The van der Waals surface area contributed by atoms with Crippen LogP contribution in [0.25, 0.3) is 0 Å². The Bertz CT molecular complexity index is 1070. The van der Waals surface area contributed by atoms with Crippen LogP contribution >= 0.6 is 0 Å². The summed E-state index contributed by atoms with van der Waals surface area (Å²) in [7, 11) is 0. The van der Waals surface area contributed by atoms with Crippen molar-refractivity contribution < 1.29 is 135 Å². The number of esters is 2. The van der Waals surface area contributed by atoms with Crippen molar-refractivity contribution in [1.29, 1.82) is 0 Å². The number of hydrogen-bond donors (Lipinski definition) is 0. The summed E-state index contributed by atoms with van der Waals surface area (Å²) in [5.41, 5.74) is 0. The number of carbonyl (C=O) groups is 2. The van der Waals surface area contributed by atoms with Gasteiger partial charge in [-0.05, 0) is 0 Å². The molecule has 0 aliphatic rings. The molecule has 0 saturated carbocycles. The first kappa shape index (κ1) is 47.0. The minimum absolute atomic E-state index is 0.0637. The fourth-order valence-corrected chi connectivity index (χ4v) is 2.24. The van der Waals surface area contributed by atoms with E-state index in [9.17, 15) is 106 Å². The molecule has 0 saturated heterocycles. The number of carbonyl (C=O) groups excluding carboxylic acids is 2. The van der Waals surface area contributed by atoms with Crippen molar-refractivity contribution in [3.05, 3.63) is 12.2 Å². The molecule has 0 aromatic carbocycles. The van der Waals surface area contributed by atoms with Crippen molar-refractivity contribution in [3.63, 3.8) is 0 Å². The molecule has 0 heterocycles. The lowest BCUT2D eigenvalue weighted by Gasteiger charge is -2.34. The monoisotopic (exact) mass is 800 g/mol. The van der Waals surface area contributed by atoms with Crippen LogP contribution in [-0.4, -0.2) is 112 Å². The van der Waals surface area contributed by atoms with Crippen molar-refractivity contribution in [2.75, 3.05) is 39.6 Å². The minimum Gasteiger partial charge on any atom is -0.460 e. The predicted octanol–water partition coefficient (Wildman–Crippen LogP) is 6.73. The van der Waals surface area contributed by atoms with E-state index in [0.29, 0.717) is 0 Å². The Hall–Kier alpha value is -3.02. The maximum atomic E-state index is 13.9. The van der Waals surface area contributed by atoms with Crippen LogP contribution < -0.4 is 0 Å². The molecular formula is C20H14F22O8. The first-order valence-corrected chi connectivity index (χ1v) is 11.6. The molecule has 8 nitrogen and oxygen atoms in total. The molecular weight excluding hydrogens is 786 g/mol. The summed E-state index contributed by atoms with van der Waals surface area (Å²) in [6.45, 7) is -11.2. The maximum Gasteiger partial charge on any atom is 0.462 e. The lowest BCUT2D eigenvalue weighted by molar-refractivity contribution is -0.486. The van der Waals surface area contributed by atoms with E-state index < -0.39 is 112 Å². The van der Waals surface area contributed by atoms with E-state index in [-0.39, 0.29) is 12.2 Å². The van der Waals surface area contributed by atoms with Gasteiger partial charge in [0.25, 0.3) is 0 Å². The highest BCUT2D eigenvalue weighted by Crippen LogP contribution is 2.52. The highest BCUT2D eigenvalue weighted by molar-refractivity contribution is 5.91. The first-order valence-electron chi connectivity index (χ1n) is 11.6. The van der Waals surface area contributed by atoms with Crippen molar-refractivity contribution in [1.82, 2.24) is 0 Å². The van der Waals surface area contributed by atoms with E-state index >= 15 is 0 Å². The quantitative estimate of drug-likeness (QED) is 0.0653. The molecule has 0 radical (unpaired) electrons. The Morgan fingerprint density at radius 3 is 0.880 bits per heavy atom. The number of rotatable bonds is 18. The standard InChI is InChI=1S/C20H14F22O8/c21-11(15(27,28)29,49-19(39,40)13(23,24)17(33,34)35)7-45-3-5-47-9(43)1-2-10(44)48-6-4-46-8-12(22,16(30,31)32)50-20(41,42)14(25,26)18(36,37)38/h1-2H,3-8H2. The molecule has 0 aliphatic carbocycles. The number of hydrogen-bond acceptors (Lipinski definition) is 8. The summed E-state index contributed by atoms with van der Waals surface area (Å²) in [6, 6.07) is 0. The number of ether oxygens (including phenoxy) is 6. The lowest BCUT2D eigenvalue weighted by Crippen LogP contribution is -2.60. The molecule has 0 fully saturated rings. The zero-order valence-electron chi connectivity index (χ0n) is 23.0. The Balaban J connectivity index is 4.94. The van der Waals surface area contributed by atoms with Crippen molar-refractivity contribution in [2.24, 2.45) is 0 Å². The summed E-state index contributed by atoms with van der Waals surface area (Å²) in [5.74, 6) is -30.1. The van der Waals surface area contributed by atoms with Gasteiger partial charge in [-0.2, -0.15) is 96.6 Å². The number of alkyl halides is 22. The van der Waals surface area contributed by atoms with Gasteiger partial charge in [-0.15, -0.1) is 0 Å². The minimum atomic E-state index is -7.34. The Morgan fingerprint density at radius 2 is 0.660 bits per heavy atom. The summed E-state index contributed by atoms with van der Waals surface area (Å²) in [5, 5.41) is 0. The van der Waals surface area contributed by atoms with Crippen LogP contribution in [0.3, 0.4) is 0 Å². The fraction of sp³-hybridized carbons (Fsp3) is 0.800. The van der Waals surface area contributed by atoms with Gasteiger partial charge in [-0.25, -0.2) is 9.59 Å². The van der Waals surface area contributed by atoms with E-state index in [1.165, 1.54) is 0 Å². The SMILES string of the molecule is O=C(C=CC(=O)OCCOCC(F)(OC(F)(F)C(F)(F)C(F)(F)F)C(F)(F)F)OCCOCC(F)(OC(F)(F)C(F)(F)C(F)(F)F)C(F)(F)F. The molecule has 2 unspecified atom stereocenters. The second kappa shape index (κ2) is 15.7. The van der Waals surface area contributed by atoms with Crippen LogP contribution in [0.4, 0.5) is 96.6 Å². The van der Waals surface area contributed by atoms with Gasteiger partial charge >= 0.3 is 72.4 Å². The lowest BCUT2D eigenvalue weighted by atomic mass is 10.2. The smallest absolute Gasteiger partial charge is 0.460 e. The van der Waals surface area contributed by atoms with Gasteiger partial charge in [-0.1, -0.05) is 0 Å². The Kier molecular flexibility index (Phi) is 14.8. The van der Waals surface area contributed by atoms with E-state index in [0.717, 1.165) is 0 Å². The molecule has 0 N–H and O–H groups in total. The van der Waals surface area contributed by atoms with E-state index in [1.807, 2.05) is 0 Å². The number of halogens is 22. The third-order valence-electron chi connectivity index (χ3n) is 4.74. The summed E-state index contributed by atoms with van der Waals surface area (Å²) < 4.78 is 300. The van der Waals surface area contributed by atoms with E-state index in [4.69, 9.17) is 0 Å². The molecule has 0 spiro atoms. The molecule has 0 amide bonds. The molecule has 0 bridgehead atoms. The predicted molar refractivity (Wildman–Crippen MR) is 107 cm³/mol. The van der Waals surface area contributed by atoms with Gasteiger partial charge in [0.2, 0.25) is 0 Å². The zero-order chi connectivity index (χ0) is 40.1. The van der Waals surface area contributed by atoms with Crippen LogP contribution in [0.2, 0.25) is 0 Å². The van der Waals surface area contributed by atoms with Crippen molar-refractivity contribution >= 4 is 11.9 Å². The topological polar surface area (TPSA) is 89.5 Å². The van der Waals surface area contributed by atoms with Gasteiger partial charge in [0.1, 0.15) is 26.4 Å². The third kappa shape index (κ3) is 11.8. The van der Waals surface area contributed by atoms with E-state index in [2.05, 4.69) is 28.4 Å². The highest BCUT2D eigenvalue weighted by Gasteiger charge is 2.79. The van der Waals surface area contributed by atoms with Crippen molar-refractivity contribution in [2.45, 2.75) is 60.5 Å². The van der Waals surface area contributed by atoms with Gasteiger partial charge < -0.3 is 18.9 Å². The van der Waals surface area contributed by atoms with Crippen LogP contribution in [0.1, 0.15) is 0 Å². The van der Waals surface area contributed by atoms with Gasteiger partial charge in [0.05, 0.1) is 13.2 Å². The molecule has 50 heavy (non-hydrogen) atoms. The van der Waals surface area contributed by atoms with Crippen LogP contribution in [0.15, 0.2) is 12.2 Å². The Labute approximate surface area is 260 Å². The first-order chi connectivity index (χ1) is 21.9. The summed E-state index contributed by atoms with van der Waals surface area (Å²) >= 11 is 0.